The van der Waals surface area contributed by atoms with Gasteiger partial charge in [0.2, 0.25) is 5.91 Å². The second kappa shape index (κ2) is 5.70. The van der Waals surface area contributed by atoms with E-state index in [1.165, 1.54) is 24.3 Å². The molecule has 2 nitrogen and oxygen atoms in total. The molecule has 1 aromatic rings. The molecule has 5 heteroatoms. The summed E-state index contributed by atoms with van der Waals surface area (Å²) >= 11 is 0. The first kappa shape index (κ1) is 13.5. The van der Waals surface area contributed by atoms with E-state index in [9.17, 15) is 18.0 Å². The van der Waals surface area contributed by atoms with Crippen LogP contribution < -0.4 is 5.32 Å². The quantitative estimate of drug-likeness (QED) is 0.867. The van der Waals surface area contributed by atoms with E-state index in [0.717, 1.165) is 0 Å². The lowest BCUT2D eigenvalue weighted by Crippen LogP contribution is -2.37. The minimum absolute atomic E-state index is 0.0458. The first-order chi connectivity index (χ1) is 7.95. The fourth-order valence-electron chi connectivity index (χ4n) is 1.46. The molecule has 0 aliphatic heterocycles. The van der Waals surface area contributed by atoms with E-state index in [-0.39, 0.29) is 12.0 Å². The summed E-state index contributed by atoms with van der Waals surface area (Å²) in [6, 6.07) is 5.43. The Labute approximate surface area is 97.8 Å². The zero-order chi connectivity index (χ0) is 12.9. The summed E-state index contributed by atoms with van der Waals surface area (Å²) in [6.07, 6.45) is -3.87. The molecule has 1 N–H and O–H groups in total. The van der Waals surface area contributed by atoms with Crippen LogP contribution >= 0.6 is 0 Å². The smallest absolute Gasteiger partial charge is 0.341 e. The molecule has 1 rings (SSSR count). The summed E-state index contributed by atoms with van der Waals surface area (Å²) in [5, 5.41) is 2.01. The number of carbonyl (C=O) groups is 1. The molecule has 17 heavy (non-hydrogen) atoms. The van der Waals surface area contributed by atoms with Crippen molar-refractivity contribution in [1.29, 1.82) is 0 Å². The van der Waals surface area contributed by atoms with Gasteiger partial charge in [-0.05, 0) is 12.0 Å². The predicted molar refractivity (Wildman–Crippen MR) is 58.3 cm³/mol. The summed E-state index contributed by atoms with van der Waals surface area (Å²) in [5.74, 6) is -0.585. The first-order valence-electron chi connectivity index (χ1n) is 5.36. The van der Waals surface area contributed by atoms with Gasteiger partial charge in [0, 0.05) is 6.42 Å². The number of hydrogen-bond donors (Lipinski definition) is 1. The second-order valence-corrected chi connectivity index (χ2v) is 3.70. The number of carbonyl (C=O) groups excluding carboxylic acids is 1. The summed E-state index contributed by atoms with van der Waals surface area (Å²) in [6.45, 7) is 1.74. The highest BCUT2D eigenvalue weighted by Crippen LogP contribution is 2.32. The molecule has 0 aliphatic carbocycles. The molecule has 1 aromatic carbocycles. The summed E-state index contributed by atoms with van der Waals surface area (Å²) in [5.41, 5.74) is 0.0458. The van der Waals surface area contributed by atoms with Gasteiger partial charge in [0.15, 0.2) is 6.04 Å². The van der Waals surface area contributed by atoms with Gasteiger partial charge in [0.25, 0.3) is 0 Å². The average molecular weight is 245 g/mol. The van der Waals surface area contributed by atoms with E-state index in [0.29, 0.717) is 6.42 Å². The Morgan fingerprint density at radius 1 is 1.29 bits per heavy atom. The van der Waals surface area contributed by atoms with Gasteiger partial charge in [-0.2, -0.15) is 13.2 Å². The second-order valence-electron chi connectivity index (χ2n) is 3.70. The van der Waals surface area contributed by atoms with E-state index in [1.807, 2.05) is 5.32 Å². The van der Waals surface area contributed by atoms with Crippen molar-refractivity contribution in [3.05, 3.63) is 35.9 Å². The highest BCUT2D eigenvalue weighted by atomic mass is 19.4. The molecule has 1 atom stereocenters. The highest BCUT2D eigenvalue weighted by molar-refractivity contribution is 5.76. The lowest BCUT2D eigenvalue weighted by atomic mass is 10.1. The van der Waals surface area contributed by atoms with E-state index in [4.69, 9.17) is 0 Å². The van der Waals surface area contributed by atoms with Gasteiger partial charge >= 0.3 is 6.18 Å². The fourth-order valence-corrected chi connectivity index (χ4v) is 1.46. The molecule has 0 spiro atoms. The number of hydrogen-bond acceptors (Lipinski definition) is 1. The molecule has 94 valence electrons. The monoisotopic (exact) mass is 245 g/mol. The molecular weight excluding hydrogens is 231 g/mol. The molecule has 1 amide bonds. The van der Waals surface area contributed by atoms with Gasteiger partial charge in [-0.25, -0.2) is 0 Å². The number of rotatable bonds is 4. The van der Waals surface area contributed by atoms with Crippen LogP contribution in [0.1, 0.15) is 31.4 Å². The van der Waals surface area contributed by atoms with E-state index in [2.05, 4.69) is 0 Å². The summed E-state index contributed by atoms with van der Waals surface area (Å²) in [7, 11) is 0. The number of halogens is 3. The molecule has 0 unspecified atom stereocenters. The van der Waals surface area contributed by atoms with Crippen LogP contribution in [0.3, 0.4) is 0 Å². The molecule has 0 aliphatic rings. The van der Waals surface area contributed by atoms with Crippen LogP contribution in [-0.2, 0) is 4.79 Å². The van der Waals surface area contributed by atoms with Crippen molar-refractivity contribution in [3.8, 4) is 0 Å². The van der Waals surface area contributed by atoms with E-state index in [1.54, 1.807) is 13.0 Å². The predicted octanol–water partition coefficient (Wildman–Crippen LogP) is 3.21. The Morgan fingerprint density at radius 2 is 1.88 bits per heavy atom. The van der Waals surface area contributed by atoms with Crippen molar-refractivity contribution in [2.45, 2.75) is 32.0 Å². The zero-order valence-electron chi connectivity index (χ0n) is 9.42. The number of benzene rings is 1. The van der Waals surface area contributed by atoms with Crippen molar-refractivity contribution in [3.63, 3.8) is 0 Å². The van der Waals surface area contributed by atoms with Crippen molar-refractivity contribution in [2.75, 3.05) is 0 Å². The van der Waals surface area contributed by atoms with Crippen molar-refractivity contribution in [2.24, 2.45) is 0 Å². The maximum absolute atomic E-state index is 12.8. The Hall–Kier alpha value is -1.52. The molecule has 0 bridgehead atoms. The van der Waals surface area contributed by atoms with Crippen molar-refractivity contribution < 1.29 is 18.0 Å². The fraction of sp³-hybridized carbons (Fsp3) is 0.417. The normalized spacial score (nSPS) is 13.2. The zero-order valence-corrected chi connectivity index (χ0v) is 9.42. The van der Waals surface area contributed by atoms with Gasteiger partial charge in [-0.15, -0.1) is 0 Å². The van der Waals surface area contributed by atoms with Gasteiger partial charge in [-0.3, -0.25) is 4.79 Å². The Bertz CT molecular complexity index is 362. The molecule has 0 fully saturated rings. The molecule has 0 radical (unpaired) electrons. The lowest BCUT2D eigenvalue weighted by molar-refractivity contribution is -0.163. The minimum atomic E-state index is -4.48. The van der Waals surface area contributed by atoms with Crippen molar-refractivity contribution >= 4 is 5.91 Å². The molecule has 0 saturated heterocycles. The Morgan fingerprint density at radius 3 is 2.35 bits per heavy atom. The van der Waals surface area contributed by atoms with Crippen LogP contribution in [0.15, 0.2) is 30.3 Å². The average Bonchev–Trinajstić information content (AvgIpc) is 2.26. The standard InChI is InChI=1S/C12H14F3NO/c1-2-6-10(17)16-11(12(13,14)15)9-7-4-3-5-8-9/h3-5,7-8,11H,2,6H2,1H3,(H,16,17)/t11-/m1/s1. The summed E-state index contributed by atoms with van der Waals surface area (Å²) < 4.78 is 38.4. The molecule has 0 saturated carbocycles. The third-order valence-corrected chi connectivity index (χ3v) is 2.24. The van der Waals surface area contributed by atoms with Crippen LogP contribution in [0, 0.1) is 0 Å². The van der Waals surface area contributed by atoms with Crippen LogP contribution in [-0.4, -0.2) is 12.1 Å². The third-order valence-electron chi connectivity index (χ3n) is 2.24. The minimum Gasteiger partial charge on any atom is -0.341 e. The van der Waals surface area contributed by atoms with Gasteiger partial charge < -0.3 is 5.32 Å². The van der Waals surface area contributed by atoms with Crippen LogP contribution in [0.25, 0.3) is 0 Å². The van der Waals surface area contributed by atoms with Gasteiger partial charge in [0.1, 0.15) is 0 Å². The lowest BCUT2D eigenvalue weighted by Gasteiger charge is -2.21. The number of nitrogens with one attached hydrogen (secondary N) is 1. The van der Waals surface area contributed by atoms with E-state index >= 15 is 0 Å². The van der Waals surface area contributed by atoms with Crippen LogP contribution in [0.2, 0.25) is 0 Å². The highest BCUT2D eigenvalue weighted by Gasteiger charge is 2.41. The summed E-state index contributed by atoms with van der Waals surface area (Å²) in [4.78, 5) is 11.3. The van der Waals surface area contributed by atoms with Gasteiger partial charge in [0.05, 0.1) is 0 Å². The molecular formula is C12H14F3NO. The Kier molecular flexibility index (Phi) is 4.54. The van der Waals surface area contributed by atoms with Gasteiger partial charge in [-0.1, -0.05) is 37.3 Å². The molecule has 0 aromatic heterocycles. The largest absolute Gasteiger partial charge is 0.412 e. The number of amides is 1. The maximum atomic E-state index is 12.8. The maximum Gasteiger partial charge on any atom is 0.412 e. The van der Waals surface area contributed by atoms with Crippen LogP contribution in [0.5, 0.6) is 0 Å². The van der Waals surface area contributed by atoms with Crippen LogP contribution in [0.4, 0.5) is 13.2 Å². The first-order valence-corrected chi connectivity index (χ1v) is 5.36. The SMILES string of the molecule is CCCC(=O)N[C@H](c1ccccc1)C(F)(F)F. The topological polar surface area (TPSA) is 29.1 Å². The Balaban J connectivity index is 2.87. The van der Waals surface area contributed by atoms with Crippen molar-refractivity contribution in [1.82, 2.24) is 5.32 Å². The molecule has 0 heterocycles. The number of alkyl halides is 3. The van der Waals surface area contributed by atoms with E-state index < -0.39 is 18.1 Å². The third kappa shape index (κ3) is 4.09.